The van der Waals surface area contributed by atoms with E-state index in [2.05, 4.69) is 10.3 Å². The fraction of sp³-hybridized carbons (Fsp3) is 0.278. The summed E-state index contributed by atoms with van der Waals surface area (Å²) in [5.41, 5.74) is 7.17. The first-order valence-corrected chi connectivity index (χ1v) is 8.34. The maximum absolute atomic E-state index is 11.1. The molecule has 9 nitrogen and oxygen atoms in total. The lowest BCUT2D eigenvalue weighted by atomic mass is 10.2. The van der Waals surface area contributed by atoms with Crippen LogP contribution in [0.5, 0.6) is 17.2 Å². The molecule has 0 unspecified atom stereocenters. The Balaban J connectivity index is 0.00000280. The number of methoxy groups -OCH3 is 1. The van der Waals surface area contributed by atoms with Crippen LogP contribution in [0.2, 0.25) is 0 Å². The van der Waals surface area contributed by atoms with Crippen LogP contribution in [-0.2, 0) is 6.54 Å². The third kappa shape index (κ3) is 5.38. The number of anilines is 1. The van der Waals surface area contributed by atoms with Crippen LogP contribution in [-0.4, -0.2) is 31.2 Å². The Morgan fingerprint density at radius 2 is 2.00 bits per heavy atom. The van der Waals surface area contributed by atoms with Gasteiger partial charge in [-0.25, -0.2) is 4.99 Å². The molecular weight excluding hydrogens is 479 g/mol. The lowest BCUT2D eigenvalue weighted by Crippen LogP contribution is -2.22. The minimum atomic E-state index is -0.495. The van der Waals surface area contributed by atoms with Crippen LogP contribution in [0.1, 0.15) is 12.0 Å². The van der Waals surface area contributed by atoms with Gasteiger partial charge < -0.3 is 25.3 Å². The second kappa shape index (κ2) is 9.97. The highest BCUT2D eigenvalue weighted by atomic mass is 127. The molecule has 0 saturated carbocycles. The normalized spacial score (nSPS) is 13.1. The molecule has 0 bridgehead atoms. The third-order valence-electron chi connectivity index (χ3n) is 3.89. The highest BCUT2D eigenvalue weighted by Gasteiger charge is 2.15. The van der Waals surface area contributed by atoms with Crippen molar-refractivity contribution in [3.63, 3.8) is 0 Å². The molecule has 1 aliphatic rings. The molecule has 28 heavy (non-hydrogen) atoms. The van der Waals surface area contributed by atoms with E-state index in [1.165, 1.54) is 19.2 Å². The zero-order chi connectivity index (χ0) is 19.2. The van der Waals surface area contributed by atoms with Crippen molar-refractivity contribution in [3.05, 3.63) is 52.1 Å². The van der Waals surface area contributed by atoms with Gasteiger partial charge in [0.25, 0.3) is 0 Å². The molecule has 0 aromatic heterocycles. The summed E-state index contributed by atoms with van der Waals surface area (Å²) in [5.74, 6) is 1.73. The molecule has 2 aromatic rings. The van der Waals surface area contributed by atoms with Gasteiger partial charge in [-0.15, -0.1) is 24.0 Å². The third-order valence-corrected chi connectivity index (χ3v) is 3.89. The molecule has 3 rings (SSSR count). The van der Waals surface area contributed by atoms with Gasteiger partial charge in [0.15, 0.2) is 23.2 Å². The summed E-state index contributed by atoms with van der Waals surface area (Å²) in [6.45, 7) is 1.40. The van der Waals surface area contributed by atoms with Gasteiger partial charge in [0, 0.05) is 24.2 Å². The predicted molar refractivity (Wildman–Crippen MR) is 116 cm³/mol. The number of nitro groups is 1. The smallest absolute Gasteiger partial charge is 0.311 e. The Bertz CT molecular complexity index is 875. The van der Waals surface area contributed by atoms with Crippen molar-refractivity contribution in [3.8, 4) is 17.2 Å². The molecule has 3 N–H and O–H groups in total. The zero-order valence-corrected chi connectivity index (χ0v) is 17.5. The van der Waals surface area contributed by atoms with Crippen LogP contribution in [0.15, 0.2) is 41.4 Å². The maximum atomic E-state index is 11.1. The number of guanidine groups is 1. The number of ether oxygens (including phenoxy) is 3. The molecule has 0 aliphatic carbocycles. The second-order valence-corrected chi connectivity index (χ2v) is 5.80. The molecule has 150 valence electrons. The van der Waals surface area contributed by atoms with Crippen LogP contribution in [0.4, 0.5) is 11.4 Å². The second-order valence-electron chi connectivity index (χ2n) is 5.80. The van der Waals surface area contributed by atoms with Crippen molar-refractivity contribution in [1.29, 1.82) is 0 Å². The molecule has 0 spiro atoms. The molecule has 0 saturated heterocycles. The summed E-state index contributed by atoms with van der Waals surface area (Å²) < 4.78 is 16.2. The number of nitrogens with one attached hydrogen (secondary N) is 1. The quantitative estimate of drug-likeness (QED) is 0.213. The van der Waals surface area contributed by atoms with Gasteiger partial charge in [-0.2, -0.15) is 0 Å². The van der Waals surface area contributed by atoms with E-state index in [0.29, 0.717) is 36.0 Å². The molecular formula is C18H21IN4O5. The van der Waals surface area contributed by atoms with E-state index >= 15 is 0 Å². The molecule has 0 radical (unpaired) electrons. The number of nitrogens with zero attached hydrogens (tertiary/aromatic N) is 2. The SMILES string of the molecule is COc1ccc(CN=C(N)Nc2ccc3c(c2)OCCCO3)cc1[N+](=O)[O-].I. The van der Waals surface area contributed by atoms with Crippen LogP contribution >= 0.6 is 24.0 Å². The summed E-state index contributed by atoms with van der Waals surface area (Å²) >= 11 is 0. The highest BCUT2D eigenvalue weighted by Crippen LogP contribution is 2.32. The lowest BCUT2D eigenvalue weighted by Gasteiger charge is -2.11. The van der Waals surface area contributed by atoms with Gasteiger partial charge in [0.1, 0.15) is 0 Å². The largest absolute Gasteiger partial charge is 0.490 e. The molecule has 0 amide bonds. The van der Waals surface area contributed by atoms with Gasteiger partial charge in [-0.1, -0.05) is 6.07 Å². The summed E-state index contributed by atoms with van der Waals surface area (Å²) in [6, 6.07) is 10.1. The maximum Gasteiger partial charge on any atom is 0.311 e. The number of fused-ring (bicyclic) bond motifs is 1. The Hall–Kier alpha value is -2.76. The number of nitrogens with two attached hydrogens (primary N) is 1. The molecule has 2 aromatic carbocycles. The van der Waals surface area contributed by atoms with Gasteiger partial charge in [-0.3, -0.25) is 10.1 Å². The van der Waals surface area contributed by atoms with Crippen LogP contribution in [0.25, 0.3) is 0 Å². The topological polar surface area (TPSA) is 121 Å². The first-order valence-electron chi connectivity index (χ1n) is 8.34. The average molecular weight is 500 g/mol. The number of nitro benzene ring substituents is 1. The Kier molecular flexibility index (Phi) is 7.67. The molecule has 1 aliphatic heterocycles. The fourth-order valence-electron chi connectivity index (χ4n) is 2.58. The van der Waals surface area contributed by atoms with Crippen LogP contribution in [0, 0.1) is 10.1 Å². The Morgan fingerprint density at radius 3 is 2.71 bits per heavy atom. The number of hydrogen-bond donors (Lipinski definition) is 2. The van der Waals surface area contributed by atoms with E-state index in [1.807, 2.05) is 12.1 Å². The van der Waals surface area contributed by atoms with Gasteiger partial charge in [0.2, 0.25) is 0 Å². The number of hydrogen-bond acceptors (Lipinski definition) is 6. The fourth-order valence-corrected chi connectivity index (χ4v) is 2.58. The molecule has 10 heteroatoms. The van der Waals surface area contributed by atoms with Gasteiger partial charge in [0.05, 0.1) is 31.8 Å². The number of halogens is 1. The number of aliphatic imine (C=N–C) groups is 1. The standard InChI is InChI=1S/C18H20N4O5.HI/c1-25-15-5-3-12(9-14(15)22(23)24)11-20-18(19)21-13-4-6-16-17(10-13)27-8-2-7-26-16;/h3-6,9-10H,2,7-8,11H2,1H3,(H3,19,20,21);1H. The monoisotopic (exact) mass is 500 g/mol. The molecule has 0 fully saturated rings. The summed E-state index contributed by atoms with van der Waals surface area (Å²) in [6.07, 6.45) is 0.828. The average Bonchev–Trinajstić information content (AvgIpc) is 2.91. The first-order chi connectivity index (χ1) is 13.1. The Morgan fingerprint density at radius 1 is 1.25 bits per heavy atom. The van der Waals surface area contributed by atoms with Crippen LogP contribution < -0.4 is 25.3 Å². The van der Waals surface area contributed by atoms with Crippen molar-refractivity contribution in [1.82, 2.24) is 0 Å². The predicted octanol–water partition coefficient (Wildman–Crippen LogP) is 3.31. The minimum absolute atomic E-state index is 0. The van der Waals surface area contributed by atoms with Crippen molar-refractivity contribution in [2.75, 3.05) is 25.6 Å². The number of rotatable bonds is 5. The van der Waals surface area contributed by atoms with Gasteiger partial charge >= 0.3 is 5.69 Å². The van der Waals surface area contributed by atoms with E-state index in [0.717, 1.165) is 6.42 Å². The van der Waals surface area contributed by atoms with E-state index in [4.69, 9.17) is 19.9 Å². The van der Waals surface area contributed by atoms with E-state index in [-0.39, 0.29) is 47.9 Å². The first kappa shape index (κ1) is 21.5. The highest BCUT2D eigenvalue weighted by molar-refractivity contribution is 14.0. The van der Waals surface area contributed by atoms with Crippen LogP contribution in [0.3, 0.4) is 0 Å². The minimum Gasteiger partial charge on any atom is -0.490 e. The zero-order valence-electron chi connectivity index (χ0n) is 15.2. The number of benzene rings is 2. The molecule has 1 heterocycles. The summed E-state index contributed by atoms with van der Waals surface area (Å²) in [5, 5.41) is 14.1. The van der Waals surface area contributed by atoms with Crippen molar-refractivity contribution < 1.29 is 19.1 Å². The van der Waals surface area contributed by atoms with Crippen molar-refractivity contribution >= 4 is 41.3 Å². The van der Waals surface area contributed by atoms with Crippen molar-refractivity contribution in [2.24, 2.45) is 10.7 Å². The van der Waals surface area contributed by atoms with Crippen molar-refractivity contribution in [2.45, 2.75) is 13.0 Å². The lowest BCUT2D eigenvalue weighted by molar-refractivity contribution is -0.385. The van der Waals surface area contributed by atoms with E-state index in [1.54, 1.807) is 12.1 Å². The Labute approximate surface area is 179 Å². The van der Waals surface area contributed by atoms with E-state index < -0.39 is 4.92 Å². The van der Waals surface area contributed by atoms with E-state index in [9.17, 15) is 10.1 Å². The summed E-state index contributed by atoms with van der Waals surface area (Å²) in [7, 11) is 1.39. The molecule has 0 atom stereocenters. The summed E-state index contributed by atoms with van der Waals surface area (Å²) in [4.78, 5) is 14.8. The van der Waals surface area contributed by atoms with Gasteiger partial charge in [-0.05, 0) is 23.8 Å².